The highest BCUT2D eigenvalue weighted by atomic mass is 16.5. The predicted molar refractivity (Wildman–Crippen MR) is 109 cm³/mol. The SMILES string of the molecule is CCOCCCNC(=NC)NCc1ccccc1OCCN(CC)CC. The van der Waals surface area contributed by atoms with E-state index in [0.29, 0.717) is 13.2 Å². The Morgan fingerprint density at radius 2 is 1.85 bits per heavy atom. The molecular weight excluding hydrogens is 328 g/mol. The molecule has 0 saturated heterocycles. The fourth-order valence-electron chi connectivity index (χ4n) is 2.54. The lowest BCUT2D eigenvalue weighted by Crippen LogP contribution is -2.37. The van der Waals surface area contributed by atoms with Crippen LogP contribution in [0.5, 0.6) is 5.75 Å². The molecule has 1 aromatic carbocycles. The Balaban J connectivity index is 2.43. The molecule has 0 aliphatic rings. The van der Waals surface area contributed by atoms with E-state index in [4.69, 9.17) is 9.47 Å². The van der Waals surface area contributed by atoms with Gasteiger partial charge in [0.05, 0.1) is 0 Å². The van der Waals surface area contributed by atoms with E-state index in [9.17, 15) is 0 Å². The molecule has 0 heterocycles. The maximum Gasteiger partial charge on any atom is 0.191 e. The fourth-order valence-corrected chi connectivity index (χ4v) is 2.54. The molecular formula is C20H36N4O2. The minimum absolute atomic E-state index is 0.673. The van der Waals surface area contributed by atoms with Crippen LogP contribution in [0.15, 0.2) is 29.3 Å². The Labute approximate surface area is 159 Å². The molecule has 0 fully saturated rings. The third kappa shape index (κ3) is 9.06. The Kier molecular flexibility index (Phi) is 12.3. The van der Waals surface area contributed by atoms with Gasteiger partial charge in [-0.3, -0.25) is 4.99 Å². The van der Waals surface area contributed by atoms with E-state index < -0.39 is 0 Å². The minimum atomic E-state index is 0.673. The highest BCUT2D eigenvalue weighted by Gasteiger charge is 2.06. The zero-order valence-corrected chi connectivity index (χ0v) is 16.9. The third-order valence-corrected chi connectivity index (χ3v) is 4.16. The summed E-state index contributed by atoms with van der Waals surface area (Å²) in [6.45, 7) is 13.1. The number of nitrogens with zero attached hydrogens (tertiary/aromatic N) is 2. The van der Waals surface area contributed by atoms with Crippen LogP contribution in [0.2, 0.25) is 0 Å². The van der Waals surface area contributed by atoms with Gasteiger partial charge < -0.3 is 25.0 Å². The molecule has 0 bridgehead atoms. The number of ether oxygens (including phenoxy) is 2. The monoisotopic (exact) mass is 364 g/mol. The van der Waals surface area contributed by atoms with E-state index in [-0.39, 0.29) is 0 Å². The molecule has 0 spiro atoms. The maximum absolute atomic E-state index is 6.00. The largest absolute Gasteiger partial charge is 0.492 e. The number of aliphatic imine (C=N–C) groups is 1. The van der Waals surface area contributed by atoms with Crippen LogP contribution < -0.4 is 15.4 Å². The quantitative estimate of drug-likeness (QED) is 0.320. The van der Waals surface area contributed by atoms with Crippen LogP contribution in [-0.4, -0.2) is 63.9 Å². The number of nitrogens with one attached hydrogen (secondary N) is 2. The summed E-state index contributed by atoms with van der Waals surface area (Å²) in [5.74, 6) is 1.72. The first-order chi connectivity index (χ1) is 12.7. The molecule has 0 aromatic heterocycles. The molecule has 0 aliphatic heterocycles. The van der Waals surface area contributed by atoms with Crippen LogP contribution in [0.3, 0.4) is 0 Å². The number of hydrogen-bond donors (Lipinski definition) is 2. The summed E-state index contributed by atoms with van der Waals surface area (Å²) in [5.41, 5.74) is 1.13. The molecule has 6 heteroatoms. The molecule has 6 nitrogen and oxygen atoms in total. The zero-order valence-electron chi connectivity index (χ0n) is 16.9. The lowest BCUT2D eigenvalue weighted by molar-refractivity contribution is 0.145. The average Bonchev–Trinajstić information content (AvgIpc) is 2.68. The van der Waals surface area contributed by atoms with Crippen molar-refractivity contribution in [2.45, 2.75) is 33.7 Å². The van der Waals surface area contributed by atoms with Gasteiger partial charge in [-0.1, -0.05) is 32.0 Å². The smallest absolute Gasteiger partial charge is 0.191 e. The number of hydrogen-bond acceptors (Lipinski definition) is 4. The summed E-state index contributed by atoms with van der Waals surface area (Å²) in [6, 6.07) is 8.16. The van der Waals surface area contributed by atoms with Crippen molar-refractivity contribution < 1.29 is 9.47 Å². The summed E-state index contributed by atoms with van der Waals surface area (Å²) in [6.07, 6.45) is 0.958. The van der Waals surface area contributed by atoms with Crippen LogP contribution in [0.4, 0.5) is 0 Å². The van der Waals surface area contributed by atoms with Crippen molar-refractivity contribution in [1.82, 2.24) is 15.5 Å². The second-order valence-electron chi connectivity index (χ2n) is 5.89. The third-order valence-electron chi connectivity index (χ3n) is 4.16. The van der Waals surface area contributed by atoms with Gasteiger partial charge in [-0.05, 0) is 32.5 Å². The lowest BCUT2D eigenvalue weighted by atomic mass is 10.2. The molecule has 26 heavy (non-hydrogen) atoms. The molecule has 2 N–H and O–H groups in total. The van der Waals surface area contributed by atoms with Gasteiger partial charge >= 0.3 is 0 Å². The standard InChI is InChI=1S/C20H36N4O2/c1-5-24(6-2)14-16-26-19-12-9-8-11-18(19)17-23-20(21-4)22-13-10-15-25-7-3/h8-9,11-12H,5-7,10,13-17H2,1-4H3,(H2,21,22,23). The molecule has 0 aliphatic carbocycles. The summed E-state index contributed by atoms with van der Waals surface area (Å²) >= 11 is 0. The van der Waals surface area contributed by atoms with Gasteiger partial charge in [-0.25, -0.2) is 0 Å². The summed E-state index contributed by atoms with van der Waals surface area (Å²) in [7, 11) is 1.78. The average molecular weight is 365 g/mol. The second-order valence-corrected chi connectivity index (χ2v) is 5.89. The van der Waals surface area contributed by atoms with Crippen LogP contribution in [-0.2, 0) is 11.3 Å². The van der Waals surface area contributed by atoms with Crippen molar-refractivity contribution in [3.63, 3.8) is 0 Å². The highest BCUT2D eigenvalue weighted by molar-refractivity contribution is 5.79. The number of guanidine groups is 1. The van der Waals surface area contributed by atoms with Crippen molar-refractivity contribution in [2.75, 3.05) is 53.0 Å². The van der Waals surface area contributed by atoms with Crippen molar-refractivity contribution >= 4 is 5.96 Å². The van der Waals surface area contributed by atoms with Gasteiger partial charge in [0.15, 0.2) is 5.96 Å². The van der Waals surface area contributed by atoms with Crippen molar-refractivity contribution in [2.24, 2.45) is 4.99 Å². The number of benzene rings is 1. The fraction of sp³-hybridized carbons (Fsp3) is 0.650. The van der Waals surface area contributed by atoms with Crippen LogP contribution in [0, 0.1) is 0 Å². The second kappa shape index (κ2) is 14.4. The first-order valence-corrected chi connectivity index (χ1v) is 9.70. The molecule has 0 amide bonds. The van der Waals surface area contributed by atoms with Crippen molar-refractivity contribution in [3.05, 3.63) is 29.8 Å². The Morgan fingerprint density at radius 1 is 1.08 bits per heavy atom. The van der Waals surface area contributed by atoms with E-state index in [1.54, 1.807) is 7.05 Å². The van der Waals surface area contributed by atoms with Crippen LogP contribution >= 0.6 is 0 Å². The van der Waals surface area contributed by atoms with E-state index in [0.717, 1.165) is 63.1 Å². The Hall–Kier alpha value is -1.79. The summed E-state index contributed by atoms with van der Waals surface area (Å²) in [5, 5.41) is 6.65. The molecule has 148 valence electrons. The summed E-state index contributed by atoms with van der Waals surface area (Å²) in [4.78, 5) is 6.62. The lowest BCUT2D eigenvalue weighted by Gasteiger charge is -2.19. The number of para-hydroxylation sites is 1. The summed E-state index contributed by atoms with van der Waals surface area (Å²) < 4.78 is 11.3. The van der Waals surface area contributed by atoms with E-state index in [1.807, 2.05) is 25.1 Å². The van der Waals surface area contributed by atoms with Gasteiger partial charge in [0.1, 0.15) is 12.4 Å². The number of likely N-dealkylation sites (N-methyl/N-ethyl adjacent to an activating group) is 1. The van der Waals surface area contributed by atoms with Gasteiger partial charge in [0, 0.05) is 45.5 Å². The van der Waals surface area contributed by atoms with Gasteiger partial charge in [0.25, 0.3) is 0 Å². The van der Waals surface area contributed by atoms with Crippen LogP contribution in [0.1, 0.15) is 32.8 Å². The van der Waals surface area contributed by atoms with Crippen molar-refractivity contribution in [3.8, 4) is 5.75 Å². The van der Waals surface area contributed by atoms with E-state index in [1.165, 1.54) is 0 Å². The van der Waals surface area contributed by atoms with E-state index >= 15 is 0 Å². The zero-order chi connectivity index (χ0) is 19.0. The normalized spacial score (nSPS) is 11.7. The molecule has 0 atom stereocenters. The highest BCUT2D eigenvalue weighted by Crippen LogP contribution is 2.17. The van der Waals surface area contributed by atoms with Gasteiger partial charge in [-0.2, -0.15) is 0 Å². The minimum Gasteiger partial charge on any atom is -0.492 e. The molecule has 1 rings (SSSR count). The first kappa shape index (κ1) is 22.3. The van der Waals surface area contributed by atoms with Crippen LogP contribution in [0.25, 0.3) is 0 Å². The Bertz CT molecular complexity index is 504. The topological polar surface area (TPSA) is 58.1 Å². The maximum atomic E-state index is 6.00. The molecule has 0 unspecified atom stereocenters. The molecule has 0 saturated carbocycles. The molecule has 0 radical (unpaired) electrons. The molecule has 1 aromatic rings. The number of rotatable bonds is 13. The van der Waals surface area contributed by atoms with Gasteiger partial charge in [-0.15, -0.1) is 0 Å². The van der Waals surface area contributed by atoms with E-state index in [2.05, 4.69) is 40.4 Å². The van der Waals surface area contributed by atoms with Gasteiger partial charge in [0.2, 0.25) is 0 Å². The Morgan fingerprint density at radius 3 is 2.54 bits per heavy atom. The first-order valence-electron chi connectivity index (χ1n) is 9.70. The predicted octanol–water partition coefficient (Wildman–Crippen LogP) is 2.50. The van der Waals surface area contributed by atoms with Crippen molar-refractivity contribution in [1.29, 1.82) is 0 Å².